The van der Waals surface area contributed by atoms with Gasteiger partial charge in [-0.05, 0) is 37.6 Å². The number of thiazole rings is 1. The number of esters is 1. The number of ketones is 1. The number of nitro groups is 1. The van der Waals surface area contributed by atoms with Crippen LogP contribution in [0.3, 0.4) is 0 Å². The SMILES string of the molecule is CCc1sc(C)nc1-c1ccc(C(=O)OCC(=O)c2ccc([N+](=O)[O-])cc2)cc1. The zero-order valence-corrected chi connectivity index (χ0v) is 16.7. The number of rotatable bonds is 7. The number of benzene rings is 2. The number of Topliss-reactive ketones (excluding diaryl/α,β-unsaturated/α-hetero) is 1. The van der Waals surface area contributed by atoms with Crippen LogP contribution in [0.1, 0.15) is 37.5 Å². The summed E-state index contributed by atoms with van der Waals surface area (Å²) in [5.41, 5.74) is 2.30. The lowest BCUT2D eigenvalue weighted by atomic mass is 10.1. The Kier molecular flexibility index (Phi) is 6.13. The minimum Gasteiger partial charge on any atom is -0.454 e. The van der Waals surface area contributed by atoms with Gasteiger partial charge in [0.05, 0.1) is 21.2 Å². The van der Waals surface area contributed by atoms with E-state index in [2.05, 4.69) is 11.9 Å². The van der Waals surface area contributed by atoms with Gasteiger partial charge in [-0.25, -0.2) is 9.78 Å². The lowest BCUT2D eigenvalue weighted by molar-refractivity contribution is -0.384. The van der Waals surface area contributed by atoms with Crippen molar-refractivity contribution in [3.8, 4) is 11.3 Å². The van der Waals surface area contributed by atoms with E-state index in [0.29, 0.717) is 5.56 Å². The van der Waals surface area contributed by atoms with Crippen LogP contribution in [0.25, 0.3) is 11.3 Å². The number of nitrogens with zero attached hydrogens (tertiary/aromatic N) is 2. The quantitative estimate of drug-likeness (QED) is 0.244. The second-order valence-electron chi connectivity index (χ2n) is 6.24. The van der Waals surface area contributed by atoms with E-state index in [1.165, 1.54) is 29.1 Å². The number of aryl methyl sites for hydroxylation is 2. The number of non-ortho nitro benzene ring substituents is 1. The maximum atomic E-state index is 12.2. The zero-order chi connectivity index (χ0) is 21.0. The first kappa shape index (κ1) is 20.3. The average Bonchev–Trinajstić information content (AvgIpc) is 3.12. The first-order valence-corrected chi connectivity index (χ1v) is 9.72. The van der Waals surface area contributed by atoms with Crippen LogP contribution in [0.4, 0.5) is 5.69 Å². The third-order valence-corrected chi connectivity index (χ3v) is 5.37. The summed E-state index contributed by atoms with van der Waals surface area (Å²) in [5, 5.41) is 11.6. The second-order valence-corrected chi connectivity index (χ2v) is 7.53. The number of carbonyl (C=O) groups is 2. The highest BCUT2D eigenvalue weighted by Crippen LogP contribution is 2.28. The predicted octanol–water partition coefficient (Wildman–Crippen LogP) is 4.63. The highest BCUT2D eigenvalue weighted by Gasteiger charge is 2.15. The van der Waals surface area contributed by atoms with Gasteiger partial charge >= 0.3 is 5.97 Å². The molecule has 29 heavy (non-hydrogen) atoms. The van der Waals surface area contributed by atoms with Crippen molar-refractivity contribution in [2.24, 2.45) is 0 Å². The van der Waals surface area contributed by atoms with Gasteiger partial charge in [0, 0.05) is 28.1 Å². The number of hydrogen-bond donors (Lipinski definition) is 0. The van der Waals surface area contributed by atoms with E-state index in [1.54, 1.807) is 23.5 Å². The smallest absolute Gasteiger partial charge is 0.338 e. The van der Waals surface area contributed by atoms with Crippen LogP contribution < -0.4 is 0 Å². The van der Waals surface area contributed by atoms with E-state index in [1.807, 2.05) is 19.1 Å². The Hall–Kier alpha value is -3.39. The fraction of sp³-hybridized carbons (Fsp3) is 0.190. The predicted molar refractivity (Wildman–Crippen MR) is 109 cm³/mol. The first-order valence-electron chi connectivity index (χ1n) is 8.90. The molecule has 0 atom stereocenters. The van der Waals surface area contributed by atoms with E-state index in [9.17, 15) is 19.7 Å². The Labute approximate surface area is 171 Å². The zero-order valence-electron chi connectivity index (χ0n) is 15.9. The molecule has 0 aliphatic rings. The Bertz CT molecular complexity index is 1060. The molecule has 0 bridgehead atoms. The van der Waals surface area contributed by atoms with Crippen LogP contribution in [0, 0.1) is 17.0 Å². The molecule has 7 nitrogen and oxygen atoms in total. The monoisotopic (exact) mass is 410 g/mol. The molecule has 0 fully saturated rings. The summed E-state index contributed by atoms with van der Waals surface area (Å²) in [6.45, 7) is 3.59. The first-order chi connectivity index (χ1) is 13.9. The molecule has 0 amide bonds. The molecular weight excluding hydrogens is 392 g/mol. The summed E-state index contributed by atoms with van der Waals surface area (Å²) >= 11 is 1.65. The van der Waals surface area contributed by atoms with E-state index in [4.69, 9.17) is 4.74 Å². The number of hydrogen-bond acceptors (Lipinski definition) is 7. The normalized spacial score (nSPS) is 10.6. The van der Waals surface area contributed by atoms with Crippen molar-refractivity contribution in [3.05, 3.63) is 79.7 Å². The van der Waals surface area contributed by atoms with Crippen LogP contribution in [0.2, 0.25) is 0 Å². The summed E-state index contributed by atoms with van der Waals surface area (Å²) in [6.07, 6.45) is 0.884. The molecule has 3 rings (SSSR count). The van der Waals surface area contributed by atoms with Crippen LogP contribution in [0.15, 0.2) is 48.5 Å². The maximum absolute atomic E-state index is 12.2. The summed E-state index contributed by atoms with van der Waals surface area (Å²) in [7, 11) is 0. The Balaban J connectivity index is 1.63. The Morgan fingerprint density at radius 3 is 2.28 bits per heavy atom. The molecule has 0 N–H and O–H groups in total. The summed E-state index contributed by atoms with van der Waals surface area (Å²) in [5.74, 6) is -1.05. The summed E-state index contributed by atoms with van der Waals surface area (Å²) in [4.78, 5) is 40.2. The molecule has 0 spiro atoms. The van der Waals surface area contributed by atoms with Crippen molar-refractivity contribution in [2.45, 2.75) is 20.3 Å². The maximum Gasteiger partial charge on any atom is 0.338 e. The lowest BCUT2D eigenvalue weighted by Gasteiger charge is -2.06. The number of nitro benzene ring substituents is 1. The number of aromatic nitrogens is 1. The van der Waals surface area contributed by atoms with Gasteiger partial charge in [0.1, 0.15) is 0 Å². The van der Waals surface area contributed by atoms with Gasteiger partial charge in [0.25, 0.3) is 5.69 Å². The van der Waals surface area contributed by atoms with Crippen LogP contribution >= 0.6 is 11.3 Å². The van der Waals surface area contributed by atoms with Crippen molar-refractivity contribution in [1.29, 1.82) is 0 Å². The average molecular weight is 410 g/mol. The van der Waals surface area contributed by atoms with Crippen molar-refractivity contribution >= 4 is 28.8 Å². The molecular formula is C21H18N2O5S. The van der Waals surface area contributed by atoms with Gasteiger partial charge in [-0.3, -0.25) is 14.9 Å². The minimum absolute atomic E-state index is 0.111. The van der Waals surface area contributed by atoms with E-state index in [-0.39, 0.29) is 11.3 Å². The van der Waals surface area contributed by atoms with Gasteiger partial charge in [-0.15, -0.1) is 11.3 Å². The standard InChI is InChI=1S/C21H18N2O5S/c1-3-19-20(22-13(2)29-19)15-4-6-16(7-5-15)21(25)28-12-18(24)14-8-10-17(11-9-14)23(26)27/h4-11H,3,12H2,1-2H3. The van der Waals surface area contributed by atoms with Gasteiger partial charge < -0.3 is 4.74 Å². The molecule has 1 aromatic heterocycles. The fourth-order valence-electron chi connectivity index (χ4n) is 2.77. The molecule has 0 aliphatic carbocycles. The number of carbonyl (C=O) groups excluding carboxylic acids is 2. The Morgan fingerprint density at radius 1 is 1.07 bits per heavy atom. The molecule has 0 radical (unpaired) electrons. The molecule has 3 aromatic rings. The molecule has 8 heteroatoms. The summed E-state index contributed by atoms with van der Waals surface area (Å²) < 4.78 is 5.08. The molecule has 1 heterocycles. The molecule has 2 aromatic carbocycles. The molecule has 0 saturated heterocycles. The fourth-order valence-corrected chi connectivity index (χ4v) is 3.66. The Morgan fingerprint density at radius 2 is 1.69 bits per heavy atom. The van der Waals surface area contributed by atoms with Gasteiger partial charge in [0.2, 0.25) is 0 Å². The van der Waals surface area contributed by atoms with Gasteiger partial charge in [0.15, 0.2) is 12.4 Å². The van der Waals surface area contributed by atoms with Crippen molar-refractivity contribution in [3.63, 3.8) is 0 Å². The highest BCUT2D eigenvalue weighted by atomic mass is 32.1. The molecule has 148 valence electrons. The van der Waals surface area contributed by atoms with Gasteiger partial charge in [-0.1, -0.05) is 19.1 Å². The minimum atomic E-state index is -0.614. The van der Waals surface area contributed by atoms with Crippen LogP contribution in [-0.4, -0.2) is 28.3 Å². The van der Waals surface area contributed by atoms with Crippen LogP contribution in [-0.2, 0) is 11.2 Å². The highest BCUT2D eigenvalue weighted by molar-refractivity contribution is 7.12. The molecule has 0 saturated carbocycles. The summed E-state index contributed by atoms with van der Waals surface area (Å²) in [6, 6.07) is 12.0. The third kappa shape index (κ3) is 4.72. The largest absolute Gasteiger partial charge is 0.454 e. The third-order valence-electron chi connectivity index (χ3n) is 4.25. The van der Waals surface area contributed by atoms with Crippen LogP contribution in [0.5, 0.6) is 0 Å². The molecule has 0 unspecified atom stereocenters. The van der Waals surface area contributed by atoms with E-state index >= 15 is 0 Å². The topological polar surface area (TPSA) is 99.4 Å². The second kappa shape index (κ2) is 8.74. The van der Waals surface area contributed by atoms with E-state index in [0.717, 1.165) is 22.7 Å². The van der Waals surface area contributed by atoms with Gasteiger partial charge in [-0.2, -0.15) is 0 Å². The van der Waals surface area contributed by atoms with Crippen molar-refractivity contribution < 1.29 is 19.2 Å². The van der Waals surface area contributed by atoms with E-state index < -0.39 is 23.3 Å². The van der Waals surface area contributed by atoms with Crippen molar-refractivity contribution in [1.82, 2.24) is 4.98 Å². The lowest BCUT2D eigenvalue weighted by Crippen LogP contribution is -2.14. The molecule has 0 aliphatic heterocycles. The van der Waals surface area contributed by atoms with Crippen molar-refractivity contribution in [2.75, 3.05) is 6.61 Å². The number of ether oxygens (including phenoxy) is 1.